The highest BCUT2D eigenvalue weighted by Crippen LogP contribution is 2.28. The van der Waals surface area contributed by atoms with Gasteiger partial charge in [-0.3, -0.25) is 4.79 Å². The van der Waals surface area contributed by atoms with Gasteiger partial charge in [0.2, 0.25) is 0 Å². The van der Waals surface area contributed by atoms with E-state index in [0.717, 1.165) is 5.56 Å². The minimum absolute atomic E-state index is 0.0392. The second kappa shape index (κ2) is 10.4. The van der Waals surface area contributed by atoms with Gasteiger partial charge in [-0.15, -0.1) is 0 Å². The Kier molecular flexibility index (Phi) is 7.41. The molecule has 3 aromatic carbocycles. The summed E-state index contributed by atoms with van der Waals surface area (Å²) >= 11 is 3.44. The maximum atomic E-state index is 13.0. The average molecular weight is 481 g/mol. The minimum Gasteiger partial charge on any atom is -0.497 e. The zero-order valence-electron chi connectivity index (χ0n) is 16.6. The molecule has 0 fully saturated rings. The highest BCUT2D eigenvalue weighted by Gasteiger charge is 2.11. The topological polar surface area (TPSA) is 71.3 Å². The predicted molar refractivity (Wildman–Crippen MR) is 120 cm³/mol. The van der Waals surface area contributed by atoms with Crippen molar-refractivity contribution in [2.45, 2.75) is 6.61 Å². The average Bonchev–Trinajstić information content (AvgIpc) is 2.78. The molecule has 0 aliphatic heterocycles. The fraction of sp³-hybridized carbons (Fsp3) is 0.0833. The van der Waals surface area contributed by atoms with E-state index in [4.69, 9.17) is 9.47 Å². The van der Waals surface area contributed by atoms with E-state index in [1.54, 1.807) is 61.7 Å². The number of nitrogens with one attached hydrogen (secondary N) is 1. The summed E-state index contributed by atoms with van der Waals surface area (Å²) in [5, 5.41) is 12.1. The lowest BCUT2D eigenvalue weighted by Crippen LogP contribution is -2.13. The van der Waals surface area contributed by atoms with Crippen LogP contribution < -0.4 is 14.8 Å². The third-order valence-electron chi connectivity index (χ3n) is 4.29. The van der Waals surface area contributed by atoms with Crippen molar-refractivity contribution in [1.82, 2.24) is 0 Å². The lowest BCUT2D eigenvalue weighted by atomic mass is 10.1. The molecule has 3 aromatic rings. The number of nitriles is 1. The van der Waals surface area contributed by atoms with Crippen molar-refractivity contribution >= 4 is 33.6 Å². The lowest BCUT2D eigenvalue weighted by Gasteiger charge is -2.09. The summed E-state index contributed by atoms with van der Waals surface area (Å²) in [4.78, 5) is 12.4. The second-order valence-corrected chi connectivity index (χ2v) is 7.31. The quantitative estimate of drug-likeness (QED) is 0.346. The van der Waals surface area contributed by atoms with Crippen molar-refractivity contribution in [2.75, 3.05) is 12.4 Å². The first-order valence-corrected chi connectivity index (χ1v) is 10.0. The first-order chi connectivity index (χ1) is 15.0. The first-order valence-electron chi connectivity index (χ1n) is 9.22. The Hall–Kier alpha value is -3.63. The van der Waals surface area contributed by atoms with E-state index < -0.39 is 5.91 Å². The SMILES string of the molecule is COc1ccc(NC(=O)/C(C#N)=C\c2ccc(OCc3ccc(F)cc3)c(Br)c2)cc1. The zero-order chi connectivity index (χ0) is 22.2. The van der Waals surface area contributed by atoms with Crippen LogP contribution in [0.25, 0.3) is 6.08 Å². The smallest absolute Gasteiger partial charge is 0.266 e. The number of amides is 1. The monoisotopic (exact) mass is 480 g/mol. The van der Waals surface area contributed by atoms with Gasteiger partial charge in [0, 0.05) is 5.69 Å². The van der Waals surface area contributed by atoms with E-state index in [1.807, 2.05) is 6.07 Å². The molecule has 0 aliphatic carbocycles. The number of nitrogens with zero attached hydrogens (tertiary/aromatic N) is 1. The van der Waals surface area contributed by atoms with Gasteiger partial charge in [0.15, 0.2) is 0 Å². The Balaban J connectivity index is 1.68. The van der Waals surface area contributed by atoms with Gasteiger partial charge in [-0.1, -0.05) is 18.2 Å². The van der Waals surface area contributed by atoms with E-state index in [2.05, 4.69) is 21.2 Å². The normalized spacial score (nSPS) is 10.8. The van der Waals surface area contributed by atoms with Crippen LogP contribution in [0.5, 0.6) is 11.5 Å². The third kappa shape index (κ3) is 6.17. The summed E-state index contributed by atoms with van der Waals surface area (Å²) in [6.07, 6.45) is 1.49. The van der Waals surface area contributed by atoms with Crippen molar-refractivity contribution in [3.63, 3.8) is 0 Å². The van der Waals surface area contributed by atoms with Crippen LogP contribution in [0.1, 0.15) is 11.1 Å². The largest absolute Gasteiger partial charge is 0.497 e. The predicted octanol–water partition coefficient (Wildman–Crippen LogP) is 5.72. The van der Waals surface area contributed by atoms with Gasteiger partial charge in [0.25, 0.3) is 5.91 Å². The van der Waals surface area contributed by atoms with E-state index in [9.17, 15) is 14.4 Å². The van der Waals surface area contributed by atoms with Gasteiger partial charge >= 0.3 is 0 Å². The molecule has 1 amide bonds. The zero-order valence-corrected chi connectivity index (χ0v) is 18.1. The molecule has 0 atom stereocenters. The molecule has 5 nitrogen and oxygen atoms in total. The highest BCUT2D eigenvalue weighted by molar-refractivity contribution is 9.10. The molecule has 0 spiro atoms. The van der Waals surface area contributed by atoms with Crippen LogP contribution in [0.15, 0.2) is 76.8 Å². The molecule has 0 unspecified atom stereocenters. The van der Waals surface area contributed by atoms with Crippen molar-refractivity contribution < 1.29 is 18.7 Å². The molecule has 0 heterocycles. The van der Waals surface area contributed by atoms with E-state index in [0.29, 0.717) is 27.2 Å². The van der Waals surface area contributed by atoms with Gasteiger partial charge in [-0.2, -0.15) is 5.26 Å². The molecule has 31 heavy (non-hydrogen) atoms. The van der Waals surface area contributed by atoms with Crippen LogP contribution in [0, 0.1) is 17.1 Å². The number of carbonyl (C=O) groups is 1. The second-order valence-electron chi connectivity index (χ2n) is 6.46. The van der Waals surface area contributed by atoms with Crippen LogP contribution >= 0.6 is 15.9 Å². The summed E-state index contributed by atoms with van der Waals surface area (Å²) in [5.74, 6) is 0.439. The molecule has 7 heteroatoms. The maximum Gasteiger partial charge on any atom is 0.266 e. The summed E-state index contributed by atoms with van der Waals surface area (Å²) in [6, 6.07) is 20.0. The molecule has 1 N–H and O–H groups in total. The van der Waals surface area contributed by atoms with Crippen molar-refractivity contribution in [2.24, 2.45) is 0 Å². The molecular formula is C24H18BrFN2O3. The Morgan fingerprint density at radius 1 is 1.13 bits per heavy atom. The first kappa shape index (κ1) is 22.1. The van der Waals surface area contributed by atoms with Gasteiger partial charge in [-0.25, -0.2) is 4.39 Å². The molecule has 0 radical (unpaired) electrons. The summed E-state index contributed by atoms with van der Waals surface area (Å²) in [7, 11) is 1.56. The van der Waals surface area contributed by atoms with Crippen LogP contribution in [0.2, 0.25) is 0 Å². The Morgan fingerprint density at radius 3 is 2.45 bits per heavy atom. The van der Waals surface area contributed by atoms with Crippen LogP contribution in [-0.2, 0) is 11.4 Å². The number of anilines is 1. The number of hydrogen-bond donors (Lipinski definition) is 1. The number of methoxy groups -OCH3 is 1. The summed E-state index contributed by atoms with van der Waals surface area (Å²) in [5.41, 5.74) is 2.00. The van der Waals surface area contributed by atoms with Gasteiger partial charge in [0.1, 0.15) is 35.6 Å². The van der Waals surface area contributed by atoms with Crippen LogP contribution in [0.3, 0.4) is 0 Å². The van der Waals surface area contributed by atoms with E-state index in [-0.39, 0.29) is 18.0 Å². The number of hydrogen-bond acceptors (Lipinski definition) is 4. The standard InChI is InChI=1S/C24H18BrFN2O3/c1-30-21-9-7-20(8-10-21)28-24(29)18(14-27)12-17-4-11-23(22(25)13-17)31-15-16-2-5-19(26)6-3-16/h2-13H,15H2,1H3,(H,28,29)/b18-12-. The molecule has 3 rings (SSSR count). The van der Waals surface area contributed by atoms with Crippen molar-refractivity contribution in [3.8, 4) is 17.6 Å². The van der Waals surface area contributed by atoms with Crippen LogP contribution in [-0.4, -0.2) is 13.0 Å². The number of benzene rings is 3. The molecular weight excluding hydrogens is 463 g/mol. The van der Waals surface area contributed by atoms with E-state index in [1.165, 1.54) is 18.2 Å². The number of ether oxygens (including phenoxy) is 2. The Bertz CT molecular complexity index is 1140. The van der Waals surface area contributed by atoms with Gasteiger partial charge in [-0.05, 0) is 81.7 Å². The molecule has 156 valence electrons. The fourth-order valence-electron chi connectivity index (χ4n) is 2.65. The molecule has 0 saturated carbocycles. The van der Waals surface area contributed by atoms with E-state index >= 15 is 0 Å². The highest BCUT2D eigenvalue weighted by atomic mass is 79.9. The Morgan fingerprint density at radius 2 is 1.84 bits per heavy atom. The lowest BCUT2D eigenvalue weighted by molar-refractivity contribution is -0.112. The number of halogens is 2. The molecule has 0 aliphatic rings. The van der Waals surface area contributed by atoms with Crippen molar-refractivity contribution in [1.29, 1.82) is 5.26 Å². The van der Waals surface area contributed by atoms with Crippen LogP contribution in [0.4, 0.5) is 10.1 Å². The molecule has 0 bridgehead atoms. The number of rotatable bonds is 7. The minimum atomic E-state index is -0.513. The third-order valence-corrected chi connectivity index (χ3v) is 4.91. The maximum absolute atomic E-state index is 13.0. The Labute approximate surface area is 187 Å². The molecule has 0 saturated heterocycles. The summed E-state index contributed by atoms with van der Waals surface area (Å²) < 4.78 is 24.5. The summed E-state index contributed by atoms with van der Waals surface area (Å²) in [6.45, 7) is 0.280. The number of carbonyl (C=O) groups excluding carboxylic acids is 1. The van der Waals surface area contributed by atoms with Gasteiger partial charge in [0.05, 0.1) is 11.6 Å². The van der Waals surface area contributed by atoms with Crippen molar-refractivity contribution in [3.05, 3.63) is 93.7 Å². The fourth-order valence-corrected chi connectivity index (χ4v) is 3.16. The molecule has 0 aromatic heterocycles. The van der Waals surface area contributed by atoms with Gasteiger partial charge < -0.3 is 14.8 Å².